The van der Waals surface area contributed by atoms with Gasteiger partial charge >= 0.3 is 0 Å². The van der Waals surface area contributed by atoms with Crippen molar-refractivity contribution in [2.45, 2.75) is 19.9 Å². The predicted molar refractivity (Wildman–Crippen MR) is 125 cm³/mol. The van der Waals surface area contributed by atoms with Gasteiger partial charge in [-0.1, -0.05) is 42.5 Å². The van der Waals surface area contributed by atoms with E-state index in [1.807, 2.05) is 25.1 Å². The fourth-order valence-electron chi connectivity index (χ4n) is 3.85. The Morgan fingerprint density at radius 2 is 1.70 bits per heavy atom. The molecule has 0 fully saturated rings. The van der Waals surface area contributed by atoms with E-state index in [-0.39, 0.29) is 24.0 Å². The SMILES string of the molecule is CCN(C(=O)COc1ccccc1)C(C)c1nc2ccccc2c(=O)n1-c1ccccc1F. The molecule has 0 bridgehead atoms. The highest BCUT2D eigenvalue weighted by Gasteiger charge is 2.26. The lowest BCUT2D eigenvalue weighted by Gasteiger charge is -2.29. The third kappa shape index (κ3) is 4.48. The van der Waals surface area contributed by atoms with E-state index in [0.717, 1.165) is 0 Å². The molecule has 1 unspecified atom stereocenters. The van der Waals surface area contributed by atoms with Gasteiger partial charge in [0, 0.05) is 6.54 Å². The second-order valence-corrected chi connectivity index (χ2v) is 7.54. The largest absolute Gasteiger partial charge is 0.484 e. The highest BCUT2D eigenvalue weighted by Crippen LogP contribution is 2.24. The van der Waals surface area contributed by atoms with E-state index < -0.39 is 17.4 Å². The van der Waals surface area contributed by atoms with E-state index >= 15 is 0 Å². The maximum absolute atomic E-state index is 14.8. The first-order valence-corrected chi connectivity index (χ1v) is 10.7. The molecule has 0 radical (unpaired) electrons. The van der Waals surface area contributed by atoms with Crippen LogP contribution in [0, 0.1) is 5.82 Å². The van der Waals surface area contributed by atoms with Crippen molar-refractivity contribution < 1.29 is 13.9 Å². The summed E-state index contributed by atoms with van der Waals surface area (Å²) >= 11 is 0. The van der Waals surface area contributed by atoms with Crippen molar-refractivity contribution >= 4 is 16.8 Å². The third-order valence-corrected chi connectivity index (χ3v) is 5.50. The zero-order chi connectivity index (χ0) is 23.4. The zero-order valence-corrected chi connectivity index (χ0v) is 18.4. The summed E-state index contributed by atoms with van der Waals surface area (Å²) in [6.07, 6.45) is 0. The van der Waals surface area contributed by atoms with Gasteiger partial charge in [0.05, 0.1) is 22.6 Å². The number of halogens is 1. The average molecular weight is 445 g/mol. The molecule has 0 saturated carbocycles. The quantitative estimate of drug-likeness (QED) is 0.420. The van der Waals surface area contributed by atoms with Gasteiger partial charge in [0.1, 0.15) is 17.4 Å². The molecule has 1 amide bonds. The van der Waals surface area contributed by atoms with Gasteiger partial charge in [-0.15, -0.1) is 0 Å². The number of amides is 1. The number of fused-ring (bicyclic) bond motifs is 1. The number of nitrogens with zero attached hydrogens (tertiary/aromatic N) is 3. The number of likely N-dealkylation sites (N-methyl/N-ethyl adjacent to an activating group) is 1. The molecule has 168 valence electrons. The molecule has 1 heterocycles. The number of para-hydroxylation sites is 3. The van der Waals surface area contributed by atoms with Gasteiger partial charge < -0.3 is 9.64 Å². The smallest absolute Gasteiger partial charge is 0.266 e. The molecule has 0 N–H and O–H groups in total. The average Bonchev–Trinajstić information content (AvgIpc) is 2.84. The molecular weight excluding hydrogens is 421 g/mol. The lowest BCUT2D eigenvalue weighted by molar-refractivity contribution is -0.135. The minimum absolute atomic E-state index is 0.0895. The van der Waals surface area contributed by atoms with Crippen molar-refractivity contribution in [2.24, 2.45) is 0 Å². The van der Waals surface area contributed by atoms with Crippen LogP contribution in [0.2, 0.25) is 0 Å². The highest BCUT2D eigenvalue weighted by molar-refractivity contribution is 5.79. The molecule has 33 heavy (non-hydrogen) atoms. The number of ether oxygens (including phenoxy) is 1. The molecule has 0 spiro atoms. The van der Waals surface area contributed by atoms with E-state index in [2.05, 4.69) is 4.98 Å². The van der Waals surface area contributed by atoms with Crippen LogP contribution in [-0.4, -0.2) is 33.5 Å². The minimum atomic E-state index is -0.612. The molecule has 0 aliphatic rings. The lowest BCUT2D eigenvalue weighted by atomic mass is 10.1. The Kier molecular flexibility index (Phi) is 6.49. The Bertz CT molecular complexity index is 1340. The Morgan fingerprint density at radius 1 is 1.03 bits per heavy atom. The number of hydrogen-bond donors (Lipinski definition) is 0. The minimum Gasteiger partial charge on any atom is -0.484 e. The highest BCUT2D eigenvalue weighted by atomic mass is 19.1. The molecule has 0 saturated heterocycles. The number of hydrogen-bond acceptors (Lipinski definition) is 4. The molecule has 1 aromatic heterocycles. The summed E-state index contributed by atoms with van der Waals surface area (Å²) in [7, 11) is 0. The van der Waals surface area contributed by atoms with Crippen molar-refractivity contribution in [2.75, 3.05) is 13.2 Å². The van der Waals surface area contributed by atoms with Gasteiger partial charge in [-0.2, -0.15) is 0 Å². The third-order valence-electron chi connectivity index (χ3n) is 5.50. The van der Waals surface area contributed by atoms with Crippen LogP contribution in [0.1, 0.15) is 25.7 Å². The van der Waals surface area contributed by atoms with Crippen molar-refractivity contribution in [3.63, 3.8) is 0 Å². The van der Waals surface area contributed by atoms with Crippen LogP contribution < -0.4 is 10.3 Å². The number of rotatable bonds is 7. The zero-order valence-electron chi connectivity index (χ0n) is 18.4. The van der Waals surface area contributed by atoms with Gasteiger partial charge in [0.15, 0.2) is 6.61 Å². The van der Waals surface area contributed by atoms with Crippen LogP contribution in [0.5, 0.6) is 5.75 Å². The molecule has 4 rings (SSSR count). The van der Waals surface area contributed by atoms with Crippen molar-refractivity contribution in [3.8, 4) is 11.4 Å². The Hall–Kier alpha value is -4.00. The summed E-state index contributed by atoms with van der Waals surface area (Å²) in [5.74, 6) is 0.0450. The molecule has 1 atom stereocenters. The summed E-state index contributed by atoms with van der Waals surface area (Å²) in [6.45, 7) is 3.80. The second kappa shape index (κ2) is 9.65. The first-order valence-electron chi connectivity index (χ1n) is 10.7. The summed E-state index contributed by atoms with van der Waals surface area (Å²) in [5, 5.41) is 0.374. The second-order valence-electron chi connectivity index (χ2n) is 7.54. The first kappa shape index (κ1) is 22.2. The first-order chi connectivity index (χ1) is 16.0. The maximum Gasteiger partial charge on any atom is 0.266 e. The van der Waals surface area contributed by atoms with Gasteiger partial charge in [0.25, 0.3) is 11.5 Å². The molecule has 6 nitrogen and oxygen atoms in total. The molecular formula is C26H24FN3O3. The van der Waals surface area contributed by atoms with Crippen molar-refractivity contribution in [3.05, 3.63) is 101 Å². The molecule has 4 aromatic rings. The monoisotopic (exact) mass is 445 g/mol. The van der Waals surface area contributed by atoms with E-state index in [1.165, 1.54) is 16.7 Å². The normalized spacial score (nSPS) is 11.8. The van der Waals surface area contributed by atoms with Crippen LogP contribution in [0.4, 0.5) is 4.39 Å². The maximum atomic E-state index is 14.8. The van der Waals surface area contributed by atoms with Crippen LogP contribution in [0.15, 0.2) is 83.7 Å². The summed E-state index contributed by atoms with van der Waals surface area (Å²) < 4.78 is 21.6. The fraction of sp³-hybridized carbons (Fsp3) is 0.192. The van der Waals surface area contributed by atoms with E-state index in [9.17, 15) is 14.0 Å². The Labute approximate surface area is 190 Å². The van der Waals surface area contributed by atoms with Crippen LogP contribution in [0.3, 0.4) is 0 Å². The molecule has 7 heteroatoms. The molecule has 0 aliphatic heterocycles. The van der Waals surface area contributed by atoms with E-state index in [4.69, 9.17) is 4.74 Å². The fourth-order valence-corrected chi connectivity index (χ4v) is 3.85. The van der Waals surface area contributed by atoms with Gasteiger partial charge in [-0.25, -0.2) is 9.37 Å². The Morgan fingerprint density at radius 3 is 2.42 bits per heavy atom. The van der Waals surface area contributed by atoms with Gasteiger partial charge in [0.2, 0.25) is 0 Å². The lowest BCUT2D eigenvalue weighted by Crippen LogP contribution is -2.39. The number of aromatic nitrogens is 2. The van der Waals surface area contributed by atoms with Gasteiger partial charge in [-0.05, 0) is 50.2 Å². The number of carbonyl (C=O) groups excluding carboxylic acids is 1. The Balaban J connectivity index is 1.77. The summed E-state index contributed by atoms with van der Waals surface area (Å²) in [6, 6.07) is 21.4. The molecule has 0 aliphatic carbocycles. The predicted octanol–water partition coefficient (Wildman–Crippen LogP) is 4.51. The standard InChI is InChI=1S/C26H24FN3O3/c1-3-29(24(31)17-33-19-11-5-4-6-12-19)18(2)25-28-22-15-9-7-13-20(22)26(32)30(25)23-16-10-8-14-21(23)27/h4-16,18H,3,17H2,1-2H3. The van der Waals surface area contributed by atoms with Crippen LogP contribution in [-0.2, 0) is 4.79 Å². The summed E-state index contributed by atoms with van der Waals surface area (Å²) in [5.41, 5.74) is 0.184. The number of carbonyl (C=O) groups is 1. The summed E-state index contributed by atoms with van der Waals surface area (Å²) in [4.78, 5) is 32.7. The van der Waals surface area contributed by atoms with Crippen molar-refractivity contribution in [1.82, 2.24) is 14.5 Å². The molecule has 3 aromatic carbocycles. The van der Waals surface area contributed by atoms with Crippen molar-refractivity contribution in [1.29, 1.82) is 0 Å². The van der Waals surface area contributed by atoms with Crippen LogP contribution in [0.25, 0.3) is 16.6 Å². The van der Waals surface area contributed by atoms with E-state index in [1.54, 1.807) is 60.4 Å². The van der Waals surface area contributed by atoms with E-state index in [0.29, 0.717) is 23.2 Å². The van der Waals surface area contributed by atoms with Crippen LogP contribution >= 0.6 is 0 Å². The van der Waals surface area contributed by atoms with Gasteiger partial charge in [-0.3, -0.25) is 14.2 Å². The number of benzene rings is 3. The topological polar surface area (TPSA) is 64.4 Å².